The van der Waals surface area contributed by atoms with E-state index in [9.17, 15) is 9.59 Å². The van der Waals surface area contributed by atoms with Crippen LogP contribution in [-0.2, 0) is 0 Å². The molecule has 1 aliphatic carbocycles. The first-order valence-electron chi connectivity index (χ1n) is 8.46. The van der Waals surface area contributed by atoms with Crippen LogP contribution in [0.25, 0.3) is 0 Å². The zero-order valence-corrected chi connectivity index (χ0v) is 13.9. The van der Waals surface area contributed by atoms with Crippen LogP contribution < -0.4 is 32.5 Å². The fourth-order valence-electron chi connectivity index (χ4n) is 3.60. The summed E-state index contributed by atoms with van der Waals surface area (Å²) in [6, 6.07) is 0.110. The lowest BCUT2D eigenvalue weighted by Gasteiger charge is -2.26. The van der Waals surface area contributed by atoms with E-state index in [2.05, 4.69) is 5.32 Å². The summed E-state index contributed by atoms with van der Waals surface area (Å²) >= 11 is 0. The van der Waals surface area contributed by atoms with Crippen molar-refractivity contribution in [3.8, 4) is 0 Å². The number of nitrogens with one attached hydrogen (secondary N) is 1. The van der Waals surface area contributed by atoms with Gasteiger partial charge in [0.05, 0.1) is 0 Å². The molecule has 2 aliphatic rings. The highest BCUT2D eigenvalue weighted by Crippen LogP contribution is 2.35. The lowest BCUT2D eigenvalue weighted by atomic mass is 9.79. The van der Waals surface area contributed by atoms with Crippen molar-refractivity contribution >= 4 is 18.5 Å². The van der Waals surface area contributed by atoms with Crippen molar-refractivity contribution in [3.05, 3.63) is 20.4 Å². The van der Waals surface area contributed by atoms with Gasteiger partial charge in [0.2, 0.25) is 0 Å². The molecule has 0 radical (unpaired) electrons. The minimum Gasteiger partial charge on any atom is -0.427 e. The topological polar surface area (TPSA) is 142 Å². The van der Waals surface area contributed by atoms with Gasteiger partial charge in [-0.3, -0.25) is 9.59 Å². The van der Waals surface area contributed by atoms with E-state index in [1.165, 1.54) is 0 Å². The highest BCUT2D eigenvalue weighted by molar-refractivity contribution is 6.40. The van der Waals surface area contributed by atoms with Crippen LogP contribution in [-0.4, -0.2) is 47.9 Å². The third-order valence-electron chi connectivity index (χ3n) is 5.29. The molecule has 0 amide bonds. The second-order valence-corrected chi connectivity index (χ2v) is 7.53. The predicted molar refractivity (Wildman–Crippen MR) is 93.9 cm³/mol. The van der Waals surface area contributed by atoms with Gasteiger partial charge in [0.1, 0.15) is 11.4 Å². The highest BCUT2D eigenvalue weighted by Gasteiger charge is 2.44. The normalized spacial score (nSPS) is 32.4. The third kappa shape index (κ3) is 3.21. The molecule has 4 atom stereocenters. The molecule has 0 spiro atoms. The highest BCUT2D eigenvalue weighted by atomic mass is 16.4. The Morgan fingerprint density at radius 2 is 2.04 bits per heavy atom. The molecule has 132 valence electrons. The van der Waals surface area contributed by atoms with E-state index in [-0.39, 0.29) is 18.0 Å². The average Bonchev–Trinajstić information content (AvgIpc) is 3.10. The first-order valence-corrected chi connectivity index (χ1v) is 8.46. The van der Waals surface area contributed by atoms with Crippen molar-refractivity contribution in [2.24, 2.45) is 17.4 Å². The van der Waals surface area contributed by atoms with Gasteiger partial charge in [0, 0.05) is 30.7 Å². The Balaban J connectivity index is 1.69. The van der Waals surface area contributed by atoms with Crippen LogP contribution in [0.5, 0.6) is 0 Å². The molecule has 0 aromatic heterocycles. The van der Waals surface area contributed by atoms with Crippen molar-refractivity contribution in [2.75, 3.05) is 23.3 Å². The second kappa shape index (κ2) is 6.14. The van der Waals surface area contributed by atoms with Crippen molar-refractivity contribution in [3.63, 3.8) is 0 Å². The van der Waals surface area contributed by atoms with Gasteiger partial charge < -0.3 is 31.7 Å². The Morgan fingerprint density at radius 1 is 1.38 bits per heavy atom. The van der Waals surface area contributed by atoms with Crippen LogP contribution in [0, 0.1) is 5.92 Å². The SMILES string of the molecule is C[C@]1(N)CN(c2c(NC3CC3N)c(=O)c2=O)C[C@@H]1CCCB(O)O. The van der Waals surface area contributed by atoms with Crippen LogP contribution >= 0.6 is 0 Å². The molecular formula is C15H25BN4O4. The first-order chi connectivity index (χ1) is 11.2. The van der Waals surface area contributed by atoms with Crippen molar-refractivity contribution < 1.29 is 10.0 Å². The number of hydrogen-bond acceptors (Lipinski definition) is 8. The van der Waals surface area contributed by atoms with E-state index in [1.54, 1.807) is 0 Å². The molecule has 1 aromatic rings. The van der Waals surface area contributed by atoms with Crippen LogP contribution in [0.15, 0.2) is 9.59 Å². The summed E-state index contributed by atoms with van der Waals surface area (Å²) in [5, 5.41) is 21.0. The van der Waals surface area contributed by atoms with Crippen molar-refractivity contribution in [1.29, 1.82) is 0 Å². The van der Waals surface area contributed by atoms with E-state index in [0.717, 1.165) is 12.8 Å². The van der Waals surface area contributed by atoms with E-state index in [4.69, 9.17) is 21.5 Å². The van der Waals surface area contributed by atoms with Crippen LogP contribution in [0.3, 0.4) is 0 Å². The number of hydrogen-bond donors (Lipinski definition) is 5. The van der Waals surface area contributed by atoms with Gasteiger partial charge in [-0.15, -0.1) is 0 Å². The van der Waals surface area contributed by atoms with Crippen molar-refractivity contribution in [2.45, 2.75) is 50.1 Å². The Bertz CT molecular complexity index is 685. The lowest BCUT2D eigenvalue weighted by Crippen LogP contribution is -2.46. The van der Waals surface area contributed by atoms with Gasteiger partial charge in [0.15, 0.2) is 0 Å². The monoisotopic (exact) mass is 336 g/mol. The Kier molecular flexibility index (Phi) is 4.46. The Hall–Kier alpha value is -1.42. The van der Waals surface area contributed by atoms with Crippen LogP contribution in [0.2, 0.25) is 6.32 Å². The number of nitrogens with two attached hydrogens (primary N) is 2. The van der Waals surface area contributed by atoms with Crippen molar-refractivity contribution in [1.82, 2.24) is 0 Å². The van der Waals surface area contributed by atoms with Gasteiger partial charge in [0.25, 0.3) is 10.9 Å². The molecule has 2 fully saturated rings. The maximum atomic E-state index is 12.0. The quantitative estimate of drug-likeness (QED) is 0.290. The number of rotatable bonds is 7. The zero-order valence-electron chi connectivity index (χ0n) is 13.9. The molecule has 1 aromatic carbocycles. The fourth-order valence-corrected chi connectivity index (χ4v) is 3.60. The zero-order chi connectivity index (χ0) is 17.6. The molecule has 1 saturated carbocycles. The van der Waals surface area contributed by atoms with Gasteiger partial charge in [-0.25, -0.2) is 0 Å². The van der Waals surface area contributed by atoms with E-state index in [0.29, 0.717) is 37.2 Å². The predicted octanol–water partition coefficient (Wildman–Crippen LogP) is -1.80. The van der Waals surface area contributed by atoms with E-state index < -0.39 is 23.5 Å². The standard InChI is InChI=1S/C15H25BN4O4/c1-15(18)7-20(6-8(15)3-2-4-16(23)24)12-11(13(21)14(12)22)19-10-5-9(10)17/h8-10,19,23-24H,2-7,17-18H2,1H3/t8-,9?,10?,15-/m0/s1. The summed E-state index contributed by atoms with van der Waals surface area (Å²) in [6.45, 7) is 3.02. The molecule has 8 nitrogen and oxygen atoms in total. The summed E-state index contributed by atoms with van der Waals surface area (Å²) in [4.78, 5) is 25.8. The Labute approximate surface area is 140 Å². The largest absolute Gasteiger partial charge is 0.451 e. The number of nitrogens with zero attached hydrogens (tertiary/aromatic N) is 1. The molecule has 1 aliphatic heterocycles. The summed E-state index contributed by atoms with van der Waals surface area (Å²) in [5.74, 6) is 0.122. The fraction of sp³-hybridized carbons (Fsp3) is 0.733. The molecule has 24 heavy (non-hydrogen) atoms. The second-order valence-electron chi connectivity index (χ2n) is 7.53. The molecule has 0 bridgehead atoms. The lowest BCUT2D eigenvalue weighted by molar-refractivity contribution is 0.343. The minimum atomic E-state index is -1.31. The minimum absolute atomic E-state index is 0.0401. The molecule has 3 rings (SSSR count). The third-order valence-corrected chi connectivity index (χ3v) is 5.29. The molecule has 1 heterocycles. The van der Waals surface area contributed by atoms with E-state index in [1.807, 2.05) is 11.8 Å². The molecular weight excluding hydrogens is 311 g/mol. The van der Waals surface area contributed by atoms with Crippen LogP contribution in [0.4, 0.5) is 11.4 Å². The smallest absolute Gasteiger partial charge is 0.427 e. The van der Waals surface area contributed by atoms with Gasteiger partial charge >= 0.3 is 7.12 Å². The van der Waals surface area contributed by atoms with E-state index >= 15 is 0 Å². The molecule has 9 heteroatoms. The summed E-state index contributed by atoms with van der Waals surface area (Å²) in [6.07, 6.45) is 2.50. The average molecular weight is 336 g/mol. The first kappa shape index (κ1) is 17.4. The molecule has 7 N–H and O–H groups in total. The molecule has 2 unspecified atom stereocenters. The van der Waals surface area contributed by atoms with Gasteiger partial charge in [-0.05, 0) is 32.0 Å². The summed E-state index contributed by atoms with van der Waals surface area (Å²) < 4.78 is 0. The van der Waals surface area contributed by atoms with Crippen LogP contribution in [0.1, 0.15) is 26.2 Å². The summed E-state index contributed by atoms with van der Waals surface area (Å²) in [7, 11) is -1.31. The summed E-state index contributed by atoms with van der Waals surface area (Å²) in [5.41, 5.74) is 11.5. The maximum Gasteiger partial charge on any atom is 0.451 e. The van der Waals surface area contributed by atoms with Gasteiger partial charge in [-0.1, -0.05) is 6.42 Å². The molecule has 1 saturated heterocycles. The number of anilines is 2. The maximum absolute atomic E-state index is 12.0. The Morgan fingerprint density at radius 3 is 2.62 bits per heavy atom. The van der Waals surface area contributed by atoms with Gasteiger partial charge in [-0.2, -0.15) is 0 Å².